The summed E-state index contributed by atoms with van der Waals surface area (Å²) in [6.45, 7) is 4.97. The minimum absolute atomic E-state index is 0.00924. The van der Waals surface area contributed by atoms with E-state index in [0.29, 0.717) is 37.4 Å². The van der Waals surface area contributed by atoms with E-state index in [9.17, 15) is 18.0 Å². The number of nitrogens with zero attached hydrogens (tertiary/aromatic N) is 2. The van der Waals surface area contributed by atoms with E-state index in [1.807, 2.05) is 38.1 Å². The Morgan fingerprint density at radius 2 is 1.78 bits per heavy atom. The number of piperazine rings is 1. The van der Waals surface area contributed by atoms with Crippen molar-refractivity contribution in [3.05, 3.63) is 53.6 Å². The second kappa shape index (κ2) is 8.91. The van der Waals surface area contributed by atoms with Crippen LogP contribution < -0.4 is 10.1 Å². The molecule has 1 N–H and O–H groups in total. The minimum atomic E-state index is -3.76. The first-order chi connectivity index (χ1) is 15.3. The lowest BCUT2D eigenvalue weighted by molar-refractivity contribution is -0.131. The standard InChI is InChI=1S/C23H27N3O5S/c1-3-20-23(28)24-19-15-18(8-9-21(19)31-20)32(29,30)26-12-10-25(11-13-26)22(27)14-17-6-4-16(2)5-7-17/h4-9,15,20H,3,10-14H2,1-2H3,(H,24,28)/t20-/m0/s1. The first-order valence-electron chi connectivity index (χ1n) is 10.7. The maximum absolute atomic E-state index is 13.1. The Balaban J connectivity index is 1.41. The molecule has 0 bridgehead atoms. The highest BCUT2D eigenvalue weighted by Gasteiger charge is 2.32. The fourth-order valence-corrected chi connectivity index (χ4v) is 5.33. The summed E-state index contributed by atoms with van der Waals surface area (Å²) in [6.07, 6.45) is 0.254. The number of nitrogens with one attached hydrogen (secondary N) is 1. The normalized spacial score (nSPS) is 19.1. The molecule has 0 radical (unpaired) electrons. The lowest BCUT2D eigenvalue weighted by Crippen LogP contribution is -2.50. The van der Waals surface area contributed by atoms with Gasteiger partial charge in [-0.05, 0) is 37.1 Å². The molecule has 1 saturated heterocycles. The Kier molecular flexibility index (Phi) is 6.21. The van der Waals surface area contributed by atoms with Gasteiger partial charge in [0, 0.05) is 26.2 Å². The van der Waals surface area contributed by atoms with Crippen molar-refractivity contribution in [3.63, 3.8) is 0 Å². The number of benzene rings is 2. The monoisotopic (exact) mass is 457 g/mol. The molecular formula is C23H27N3O5S. The molecular weight excluding hydrogens is 430 g/mol. The van der Waals surface area contributed by atoms with Crippen LogP contribution in [0.5, 0.6) is 5.75 Å². The molecule has 4 rings (SSSR count). The summed E-state index contributed by atoms with van der Waals surface area (Å²) in [5.41, 5.74) is 2.44. The number of sulfonamides is 1. The Morgan fingerprint density at radius 1 is 1.09 bits per heavy atom. The summed E-state index contributed by atoms with van der Waals surface area (Å²) in [7, 11) is -3.76. The number of carbonyl (C=O) groups is 2. The van der Waals surface area contributed by atoms with Gasteiger partial charge in [0.1, 0.15) is 5.75 Å². The van der Waals surface area contributed by atoms with E-state index in [1.54, 1.807) is 11.0 Å². The van der Waals surface area contributed by atoms with Gasteiger partial charge in [0.15, 0.2) is 6.10 Å². The molecule has 170 valence electrons. The molecule has 2 aliphatic heterocycles. The zero-order valence-electron chi connectivity index (χ0n) is 18.2. The Morgan fingerprint density at radius 3 is 2.44 bits per heavy atom. The van der Waals surface area contributed by atoms with Gasteiger partial charge in [-0.3, -0.25) is 9.59 Å². The van der Waals surface area contributed by atoms with Crippen LogP contribution in [0.4, 0.5) is 5.69 Å². The quantitative estimate of drug-likeness (QED) is 0.743. The van der Waals surface area contributed by atoms with E-state index in [2.05, 4.69) is 5.32 Å². The molecule has 2 heterocycles. The second-order valence-corrected chi connectivity index (χ2v) is 10.0. The average molecular weight is 458 g/mol. The summed E-state index contributed by atoms with van der Waals surface area (Å²) in [5, 5.41) is 2.73. The molecule has 0 spiro atoms. The Hall–Kier alpha value is -2.91. The number of anilines is 1. The van der Waals surface area contributed by atoms with Crippen molar-refractivity contribution in [2.75, 3.05) is 31.5 Å². The van der Waals surface area contributed by atoms with Crippen molar-refractivity contribution in [2.45, 2.75) is 37.7 Å². The number of ether oxygens (including phenoxy) is 1. The van der Waals surface area contributed by atoms with E-state index in [0.717, 1.165) is 11.1 Å². The molecule has 2 aliphatic rings. The highest BCUT2D eigenvalue weighted by atomic mass is 32.2. The molecule has 2 aromatic rings. The topological polar surface area (TPSA) is 96.0 Å². The fourth-order valence-electron chi connectivity index (χ4n) is 3.88. The zero-order valence-corrected chi connectivity index (χ0v) is 19.0. The maximum atomic E-state index is 13.1. The number of amides is 2. The average Bonchev–Trinajstić information content (AvgIpc) is 2.79. The number of hydrogen-bond acceptors (Lipinski definition) is 5. The molecule has 32 heavy (non-hydrogen) atoms. The van der Waals surface area contributed by atoms with Gasteiger partial charge in [0.25, 0.3) is 5.91 Å². The molecule has 1 fully saturated rings. The fraction of sp³-hybridized carbons (Fsp3) is 0.391. The molecule has 2 aromatic carbocycles. The molecule has 8 nitrogen and oxygen atoms in total. The van der Waals surface area contributed by atoms with Crippen LogP contribution in [-0.2, 0) is 26.0 Å². The van der Waals surface area contributed by atoms with Crippen molar-refractivity contribution in [2.24, 2.45) is 0 Å². The molecule has 1 atom stereocenters. The van der Waals surface area contributed by atoms with E-state index in [1.165, 1.54) is 16.4 Å². The van der Waals surface area contributed by atoms with Crippen molar-refractivity contribution in [3.8, 4) is 5.75 Å². The number of hydrogen-bond donors (Lipinski definition) is 1. The lowest BCUT2D eigenvalue weighted by atomic mass is 10.1. The first-order valence-corrected chi connectivity index (χ1v) is 12.2. The number of fused-ring (bicyclic) bond motifs is 1. The number of carbonyl (C=O) groups excluding carboxylic acids is 2. The van der Waals surface area contributed by atoms with Crippen molar-refractivity contribution >= 4 is 27.5 Å². The summed E-state index contributed by atoms with van der Waals surface area (Å²) in [4.78, 5) is 26.5. The summed E-state index contributed by atoms with van der Waals surface area (Å²) in [5.74, 6) is 0.169. The molecule has 9 heteroatoms. The summed E-state index contributed by atoms with van der Waals surface area (Å²) in [6, 6.07) is 12.3. The van der Waals surface area contributed by atoms with Gasteiger partial charge < -0.3 is 15.0 Å². The molecule has 0 aliphatic carbocycles. The first kappa shape index (κ1) is 22.3. The van der Waals surface area contributed by atoms with Gasteiger partial charge in [0.2, 0.25) is 15.9 Å². The third-order valence-corrected chi connectivity index (χ3v) is 7.74. The van der Waals surface area contributed by atoms with Gasteiger partial charge in [-0.2, -0.15) is 4.31 Å². The number of aryl methyl sites for hydroxylation is 1. The molecule has 0 unspecified atom stereocenters. The van der Waals surface area contributed by atoms with Crippen molar-refractivity contribution < 1.29 is 22.7 Å². The Bertz CT molecular complexity index is 1120. The Labute approximate surface area is 188 Å². The maximum Gasteiger partial charge on any atom is 0.265 e. The summed E-state index contributed by atoms with van der Waals surface area (Å²) < 4.78 is 33.3. The summed E-state index contributed by atoms with van der Waals surface area (Å²) >= 11 is 0. The zero-order chi connectivity index (χ0) is 22.9. The van der Waals surface area contributed by atoms with E-state index in [4.69, 9.17) is 4.74 Å². The van der Waals surface area contributed by atoms with Crippen LogP contribution in [0.25, 0.3) is 0 Å². The van der Waals surface area contributed by atoms with Crippen molar-refractivity contribution in [1.29, 1.82) is 0 Å². The predicted octanol–water partition coefficient (Wildman–Crippen LogP) is 2.18. The highest BCUT2D eigenvalue weighted by Crippen LogP contribution is 2.33. The van der Waals surface area contributed by atoms with E-state index in [-0.39, 0.29) is 29.8 Å². The molecule has 0 saturated carbocycles. The van der Waals surface area contributed by atoms with Crippen LogP contribution in [0.1, 0.15) is 24.5 Å². The largest absolute Gasteiger partial charge is 0.478 e. The van der Waals surface area contributed by atoms with Gasteiger partial charge in [0.05, 0.1) is 17.0 Å². The second-order valence-electron chi connectivity index (χ2n) is 8.11. The van der Waals surface area contributed by atoms with Crippen molar-refractivity contribution in [1.82, 2.24) is 9.21 Å². The lowest BCUT2D eigenvalue weighted by Gasteiger charge is -2.34. The third-order valence-electron chi connectivity index (χ3n) is 5.85. The smallest absolute Gasteiger partial charge is 0.265 e. The van der Waals surface area contributed by atoms with Gasteiger partial charge in [-0.25, -0.2) is 8.42 Å². The minimum Gasteiger partial charge on any atom is -0.478 e. The molecule has 2 amide bonds. The van der Waals surface area contributed by atoms with Crippen LogP contribution in [-0.4, -0.2) is 61.7 Å². The predicted molar refractivity (Wildman–Crippen MR) is 120 cm³/mol. The van der Waals surface area contributed by atoms with Gasteiger partial charge in [-0.1, -0.05) is 36.8 Å². The van der Waals surface area contributed by atoms with Crippen LogP contribution in [0.2, 0.25) is 0 Å². The van der Waals surface area contributed by atoms with E-state index >= 15 is 0 Å². The SMILES string of the molecule is CC[C@@H]1Oc2ccc(S(=O)(=O)N3CCN(C(=O)Cc4ccc(C)cc4)CC3)cc2NC1=O. The van der Waals surface area contributed by atoms with Crippen LogP contribution in [0, 0.1) is 6.92 Å². The highest BCUT2D eigenvalue weighted by molar-refractivity contribution is 7.89. The van der Waals surface area contributed by atoms with Gasteiger partial charge in [-0.15, -0.1) is 0 Å². The van der Waals surface area contributed by atoms with Crippen LogP contribution >= 0.6 is 0 Å². The third kappa shape index (κ3) is 4.49. The molecule has 0 aromatic heterocycles. The van der Waals surface area contributed by atoms with Crippen LogP contribution in [0.3, 0.4) is 0 Å². The van der Waals surface area contributed by atoms with Crippen LogP contribution in [0.15, 0.2) is 47.4 Å². The van der Waals surface area contributed by atoms with E-state index < -0.39 is 16.1 Å². The van der Waals surface area contributed by atoms with Gasteiger partial charge >= 0.3 is 0 Å². The number of rotatable bonds is 5.